The lowest BCUT2D eigenvalue weighted by Crippen LogP contribution is -2.31. The molecule has 0 aliphatic heterocycles. The summed E-state index contributed by atoms with van der Waals surface area (Å²) in [6.07, 6.45) is -2.75. The minimum atomic E-state index is -4.54. The molecule has 1 saturated carbocycles. The van der Waals surface area contributed by atoms with Crippen molar-refractivity contribution >= 4 is 34.2 Å². The lowest BCUT2D eigenvalue weighted by atomic mass is 9.93. The van der Waals surface area contributed by atoms with E-state index >= 15 is 0 Å². The number of hydrogen-bond donors (Lipinski definition) is 1. The first-order valence-corrected chi connectivity index (χ1v) is 10.9. The van der Waals surface area contributed by atoms with Gasteiger partial charge in [-0.2, -0.15) is 13.2 Å². The van der Waals surface area contributed by atoms with Crippen molar-refractivity contribution < 1.29 is 23.0 Å². The minimum absolute atomic E-state index is 0.0115. The van der Waals surface area contributed by atoms with Crippen LogP contribution in [0.1, 0.15) is 42.9 Å². The first-order chi connectivity index (χ1) is 15.1. The molecule has 5 nitrogen and oxygen atoms in total. The lowest BCUT2D eigenvalue weighted by Gasteiger charge is -2.26. The van der Waals surface area contributed by atoms with E-state index in [1.54, 1.807) is 16.7 Å². The number of aliphatic hydroxyl groups excluding tert-OH is 1. The van der Waals surface area contributed by atoms with Crippen molar-refractivity contribution in [3.63, 3.8) is 0 Å². The van der Waals surface area contributed by atoms with E-state index in [2.05, 4.69) is 0 Å². The normalized spacial score (nSPS) is 19.5. The molecule has 0 spiro atoms. The van der Waals surface area contributed by atoms with Crippen LogP contribution in [0.3, 0.4) is 0 Å². The van der Waals surface area contributed by atoms with Gasteiger partial charge in [0.1, 0.15) is 0 Å². The van der Waals surface area contributed by atoms with E-state index in [0.29, 0.717) is 36.8 Å². The zero-order valence-corrected chi connectivity index (χ0v) is 18.6. The number of aromatic nitrogens is 2. The van der Waals surface area contributed by atoms with Gasteiger partial charge in [0.2, 0.25) is 0 Å². The SMILES string of the molecule is COc1c(Cl)cc(Cn2c(=O)n([C@H]3CC[C@H](O)CC3)c3ccc(C(F)(F)F)cc32)cc1Cl. The summed E-state index contributed by atoms with van der Waals surface area (Å²) in [4.78, 5) is 13.4. The Kier molecular flexibility index (Phi) is 6.22. The molecular weight excluding hydrogens is 468 g/mol. The molecule has 10 heteroatoms. The van der Waals surface area contributed by atoms with Gasteiger partial charge in [0.25, 0.3) is 0 Å². The molecule has 1 aliphatic rings. The van der Waals surface area contributed by atoms with Gasteiger partial charge in [-0.15, -0.1) is 0 Å². The molecule has 1 fully saturated rings. The van der Waals surface area contributed by atoms with Crippen molar-refractivity contribution in [1.82, 2.24) is 9.13 Å². The molecule has 0 unspecified atom stereocenters. The largest absolute Gasteiger partial charge is 0.494 e. The van der Waals surface area contributed by atoms with E-state index < -0.39 is 23.5 Å². The van der Waals surface area contributed by atoms with Gasteiger partial charge in [0, 0.05) is 6.04 Å². The maximum atomic E-state index is 13.4. The Bertz CT molecular complexity index is 1190. The quantitative estimate of drug-likeness (QED) is 0.515. The second kappa shape index (κ2) is 8.65. The van der Waals surface area contributed by atoms with Gasteiger partial charge in [-0.1, -0.05) is 23.2 Å². The smallest absolute Gasteiger partial charge is 0.416 e. The van der Waals surface area contributed by atoms with Gasteiger partial charge in [-0.05, 0) is 61.6 Å². The number of alkyl halides is 3. The molecule has 0 bridgehead atoms. The molecule has 0 saturated heterocycles. The van der Waals surface area contributed by atoms with Crippen LogP contribution in [-0.4, -0.2) is 27.5 Å². The van der Waals surface area contributed by atoms with Crippen LogP contribution in [0.5, 0.6) is 5.75 Å². The summed E-state index contributed by atoms with van der Waals surface area (Å²) in [6, 6.07) is 6.28. The molecule has 1 heterocycles. The van der Waals surface area contributed by atoms with Crippen LogP contribution >= 0.6 is 23.2 Å². The Labute approximate surface area is 191 Å². The second-order valence-electron chi connectivity index (χ2n) is 8.00. The zero-order chi connectivity index (χ0) is 23.2. The Morgan fingerprint density at radius 1 is 1.06 bits per heavy atom. The van der Waals surface area contributed by atoms with Crippen LogP contribution in [0.15, 0.2) is 35.1 Å². The molecule has 1 aliphatic carbocycles. The molecule has 0 radical (unpaired) electrons. The Hall–Kier alpha value is -2.16. The topological polar surface area (TPSA) is 56.4 Å². The average molecular weight is 489 g/mol. The Balaban J connectivity index is 1.87. The molecule has 4 rings (SSSR count). The number of hydrogen-bond acceptors (Lipinski definition) is 3. The number of fused-ring (bicyclic) bond motifs is 1. The van der Waals surface area contributed by atoms with Gasteiger partial charge < -0.3 is 9.84 Å². The summed E-state index contributed by atoms with van der Waals surface area (Å²) >= 11 is 12.4. The number of ether oxygens (including phenoxy) is 1. The van der Waals surface area contributed by atoms with E-state index in [-0.39, 0.29) is 33.9 Å². The summed E-state index contributed by atoms with van der Waals surface area (Å²) in [5, 5.41) is 10.3. The van der Waals surface area contributed by atoms with E-state index in [9.17, 15) is 23.1 Å². The number of halogens is 5. The first kappa shape index (κ1) is 23.0. The van der Waals surface area contributed by atoms with E-state index in [1.807, 2.05) is 0 Å². The number of aliphatic hydroxyl groups is 1. The first-order valence-electron chi connectivity index (χ1n) is 10.1. The zero-order valence-electron chi connectivity index (χ0n) is 17.1. The number of rotatable bonds is 4. The van der Waals surface area contributed by atoms with Crippen molar-refractivity contribution in [3.8, 4) is 5.75 Å². The summed E-state index contributed by atoms with van der Waals surface area (Å²) in [7, 11) is 1.42. The molecule has 3 aromatic rings. The second-order valence-corrected chi connectivity index (χ2v) is 8.81. The van der Waals surface area contributed by atoms with Gasteiger partial charge in [-0.25, -0.2) is 4.79 Å². The highest BCUT2D eigenvalue weighted by atomic mass is 35.5. The number of nitrogens with zero attached hydrogens (tertiary/aromatic N) is 2. The molecule has 2 aromatic carbocycles. The molecule has 0 amide bonds. The summed E-state index contributed by atoms with van der Waals surface area (Å²) in [5.74, 6) is 0.284. The van der Waals surface area contributed by atoms with E-state index in [4.69, 9.17) is 27.9 Å². The molecule has 1 aromatic heterocycles. The predicted octanol–water partition coefficient (Wildman–Crippen LogP) is 5.66. The molecule has 32 heavy (non-hydrogen) atoms. The molecule has 0 atom stereocenters. The third-order valence-corrected chi connectivity index (χ3v) is 6.49. The fourth-order valence-corrected chi connectivity index (χ4v) is 5.05. The van der Waals surface area contributed by atoms with Gasteiger partial charge in [-0.3, -0.25) is 9.13 Å². The van der Waals surface area contributed by atoms with Crippen LogP contribution in [0.4, 0.5) is 13.2 Å². The van der Waals surface area contributed by atoms with E-state index in [0.717, 1.165) is 12.1 Å². The lowest BCUT2D eigenvalue weighted by molar-refractivity contribution is -0.137. The van der Waals surface area contributed by atoms with Gasteiger partial charge in [0.05, 0.1) is 46.4 Å². The molecular formula is C22H21Cl2F3N2O3. The highest BCUT2D eigenvalue weighted by Gasteiger charge is 2.32. The minimum Gasteiger partial charge on any atom is -0.494 e. The van der Waals surface area contributed by atoms with Crippen molar-refractivity contribution in [2.45, 2.75) is 50.6 Å². The van der Waals surface area contributed by atoms with Crippen LogP contribution in [0.2, 0.25) is 10.0 Å². The highest BCUT2D eigenvalue weighted by Crippen LogP contribution is 2.36. The predicted molar refractivity (Wildman–Crippen MR) is 117 cm³/mol. The molecule has 172 valence electrons. The van der Waals surface area contributed by atoms with Crippen molar-refractivity contribution in [3.05, 3.63) is 62.0 Å². The van der Waals surface area contributed by atoms with Gasteiger partial charge in [0.15, 0.2) is 5.75 Å². The van der Waals surface area contributed by atoms with Crippen LogP contribution < -0.4 is 10.4 Å². The number of imidazole rings is 1. The number of benzene rings is 2. The highest BCUT2D eigenvalue weighted by molar-refractivity contribution is 6.37. The Morgan fingerprint density at radius 3 is 2.25 bits per heavy atom. The van der Waals surface area contributed by atoms with Gasteiger partial charge >= 0.3 is 11.9 Å². The molecule has 1 N–H and O–H groups in total. The fourth-order valence-electron chi connectivity index (χ4n) is 4.36. The van der Waals surface area contributed by atoms with Crippen LogP contribution in [0.25, 0.3) is 11.0 Å². The average Bonchev–Trinajstić information content (AvgIpc) is 2.99. The van der Waals surface area contributed by atoms with Crippen molar-refractivity contribution in [2.75, 3.05) is 7.11 Å². The van der Waals surface area contributed by atoms with Crippen molar-refractivity contribution in [2.24, 2.45) is 0 Å². The third-order valence-electron chi connectivity index (χ3n) is 5.92. The Morgan fingerprint density at radius 2 is 1.69 bits per heavy atom. The maximum absolute atomic E-state index is 13.4. The maximum Gasteiger partial charge on any atom is 0.416 e. The fraction of sp³-hybridized carbons (Fsp3) is 0.409. The van der Waals surface area contributed by atoms with Crippen LogP contribution in [-0.2, 0) is 12.7 Å². The summed E-state index contributed by atoms with van der Waals surface area (Å²) in [5.41, 5.74) is -0.0860. The van der Waals surface area contributed by atoms with Crippen molar-refractivity contribution in [1.29, 1.82) is 0 Å². The summed E-state index contributed by atoms with van der Waals surface area (Å²) < 4.78 is 48.2. The monoisotopic (exact) mass is 488 g/mol. The van der Waals surface area contributed by atoms with Crippen LogP contribution in [0, 0.1) is 0 Å². The third kappa shape index (κ3) is 4.23. The number of methoxy groups -OCH3 is 1. The standard InChI is InChI=1S/C22H21Cl2F3N2O3/c1-32-20-16(23)8-12(9-17(20)24)11-28-19-10-13(22(25,26)27)2-7-18(19)29(21(28)31)14-3-5-15(30)6-4-14/h2,7-10,14-15,30H,3-6,11H2,1H3/t14-,15-. The van der Waals surface area contributed by atoms with E-state index in [1.165, 1.54) is 17.7 Å². The summed E-state index contributed by atoms with van der Waals surface area (Å²) in [6.45, 7) is -0.0115.